The van der Waals surface area contributed by atoms with Gasteiger partial charge in [0.25, 0.3) is 0 Å². The van der Waals surface area contributed by atoms with Crippen LogP contribution in [0.15, 0.2) is 0 Å². The highest BCUT2D eigenvalue weighted by molar-refractivity contribution is 5.02. The van der Waals surface area contributed by atoms with E-state index in [-0.39, 0.29) is 6.04 Å². The van der Waals surface area contributed by atoms with Crippen LogP contribution in [-0.2, 0) is 17.7 Å². The van der Waals surface area contributed by atoms with Gasteiger partial charge in [0.05, 0.1) is 12.1 Å². The molecule has 5 heteroatoms. The van der Waals surface area contributed by atoms with E-state index >= 15 is 0 Å². The van der Waals surface area contributed by atoms with Crippen LogP contribution >= 0.6 is 0 Å². The number of nitrogens with zero attached hydrogens (tertiary/aromatic N) is 3. The molecular weight excluding hydrogens is 204 g/mol. The predicted octanol–water partition coefficient (Wildman–Crippen LogP) is 0.793. The Morgan fingerprint density at radius 1 is 1.38 bits per heavy atom. The molecule has 2 unspecified atom stereocenters. The van der Waals surface area contributed by atoms with Crippen LogP contribution in [0.4, 0.5) is 0 Å². The van der Waals surface area contributed by atoms with Crippen LogP contribution in [0.1, 0.15) is 43.4 Å². The monoisotopic (exact) mass is 222 g/mol. The summed E-state index contributed by atoms with van der Waals surface area (Å²) >= 11 is 0. The Labute approximate surface area is 95.0 Å². The van der Waals surface area contributed by atoms with E-state index < -0.39 is 0 Å². The van der Waals surface area contributed by atoms with Gasteiger partial charge in [0, 0.05) is 19.6 Å². The van der Waals surface area contributed by atoms with Crippen molar-refractivity contribution in [3.05, 3.63) is 11.6 Å². The highest BCUT2D eigenvalue weighted by Crippen LogP contribution is 2.22. The highest BCUT2D eigenvalue weighted by Gasteiger charge is 2.23. The van der Waals surface area contributed by atoms with Crippen LogP contribution < -0.4 is 5.73 Å². The first kappa shape index (κ1) is 10.2. The molecule has 0 aliphatic carbocycles. The molecule has 0 bridgehead atoms. The van der Waals surface area contributed by atoms with Crippen molar-refractivity contribution >= 4 is 0 Å². The Hall–Kier alpha value is -0.940. The Morgan fingerprint density at radius 3 is 3.06 bits per heavy atom. The molecule has 0 amide bonds. The Balaban J connectivity index is 1.75. The molecule has 0 aromatic carbocycles. The number of ether oxygens (including phenoxy) is 1. The smallest absolute Gasteiger partial charge is 0.153 e. The van der Waals surface area contributed by atoms with Gasteiger partial charge in [0.2, 0.25) is 0 Å². The minimum atomic E-state index is 0.0690. The van der Waals surface area contributed by atoms with Crippen LogP contribution in [0.3, 0.4) is 0 Å². The molecule has 2 N–H and O–H groups in total. The van der Waals surface area contributed by atoms with Crippen molar-refractivity contribution in [3.8, 4) is 0 Å². The van der Waals surface area contributed by atoms with Crippen molar-refractivity contribution in [1.29, 1.82) is 0 Å². The van der Waals surface area contributed by atoms with Crippen molar-refractivity contribution in [1.82, 2.24) is 14.8 Å². The average Bonchev–Trinajstić information content (AvgIpc) is 2.88. The number of hydrogen-bond acceptors (Lipinski definition) is 4. The molecule has 2 aliphatic rings. The third-order valence-corrected chi connectivity index (χ3v) is 3.40. The molecule has 1 aromatic heterocycles. The summed E-state index contributed by atoms with van der Waals surface area (Å²) in [7, 11) is 0. The molecule has 16 heavy (non-hydrogen) atoms. The van der Waals surface area contributed by atoms with Gasteiger partial charge in [0.15, 0.2) is 5.82 Å². The molecule has 2 atom stereocenters. The molecule has 1 fully saturated rings. The van der Waals surface area contributed by atoms with Crippen molar-refractivity contribution in [2.45, 2.75) is 50.8 Å². The van der Waals surface area contributed by atoms with E-state index in [1.54, 1.807) is 0 Å². The quantitative estimate of drug-likeness (QED) is 0.803. The van der Waals surface area contributed by atoms with Gasteiger partial charge in [-0.25, -0.2) is 9.67 Å². The molecule has 1 aromatic rings. The molecule has 5 nitrogen and oxygen atoms in total. The second kappa shape index (κ2) is 4.14. The largest absolute Gasteiger partial charge is 0.378 e. The van der Waals surface area contributed by atoms with Crippen LogP contribution in [0.5, 0.6) is 0 Å². The lowest BCUT2D eigenvalue weighted by Crippen LogP contribution is -2.22. The summed E-state index contributed by atoms with van der Waals surface area (Å²) in [4.78, 5) is 4.54. The topological polar surface area (TPSA) is 66.0 Å². The van der Waals surface area contributed by atoms with E-state index in [2.05, 4.69) is 10.1 Å². The summed E-state index contributed by atoms with van der Waals surface area (Å²) < 4.78 is 7.57. The molecule has 0 spiro atoms. The van der Waals surface area contributed by atoms with Gasteiger partial charge in [-0.1, -0.05) is 0 Å². The zero-order valence-corrected chi connectivity index (χ0v) is 9.43. The predicted molar refractivity (Wildman–Crippen MR) is 58.9 cm³/mol. The van der Waals surface area contributed by atoms with E-state index in [1.807, 2.05) is 4.68 Å². The fourth-order valence-corrected chi connectivity index (χ4v) is 2.53. The lowest BCUT2D eigenvalue weighted by Gasteiger charge is -2.17. The Bertz CT molecular complexity index is 370. The molecule has 3 heterocycles. The maximum absolute atomic E-state index is 6.01. The second-order valence-electron chi connectivity index (χ2n) is 4.70. The fraction of sp³-hybridized carbons (Fsp3) is 0.818. The summed E-state index contributed by atoms with van der Waals surface area (Å²) in [6.07, 6.45) is 5.59. The van der Waals surface area contributed by atoms with Crippen molar-refractivity contribution in [2.75, 3.05) is 6.61 Å². The number of aryl methyl sites for hydroxylation is 1. The zero-order chi connectivity index (χ0) is 11.0. The van der Waals surface area contributed by atoms with Gasteiger partial charge >= 0.3 is 0 Å². The molecular formula is C11H18N4O. The number of aromatic nitrogens is 3. The SMILES string of the molecule is NC1CCCn2nc(CC3CCCO3)nc21. The molecule has 0 radical (unpaired) electrons. The van der Waals surface area contributed by atoms with Gasteiger partial charge in [-0.2, -0.15) is 5.10 Å². The van der Waals surface area contributed by atoms with E-state index in [9.17, 15) is 0 Å². The molecule has 88 valence electrons. The van der Waals surface area contributed by atoms with E-state index in [4.69, 9.17) is 10.5 Å². The van der Waals surface area contributed by atoms with E-state index in [0.717, 1.165) is 56.9 Å². The van der Waals surface area contributed by atoms with E-state index in [0.29, 0.717) is 6.10 Å². The second-order valence-corrected chi connectivity index (χ2v) is 4.70. The lowest BCUT2D eigenvalue weighted by atomic mass is 10.1. The molecule has 0 saturated carbocycles. The maximum Gasteiger partial charge on any atom is 0.153 e. The Kier molecular flexibility index (Phi) is 2.65. The fourth-order valence-electron chi connectivity index (χ4n) is 2.53. The van der Waals surface area contributed by atoms with Gasteiger partial charge in [-0.3, -0.25) is 0 Å². The third-order valence-electron chi connectivity index (χ3n) is 3.40. The first-order valence-corrected chi connectivity index (χ1v) is 6.14. The van der Waals surface area contributed by atoms with E-state index in [1.165, 1.54) is 0 Å². The van der Waals surface area contributed by atoms with Crippen LogP contribution in [-0.4, -0.2) is 27.5 Å². The molecule has 1 saturated heterocycles. The third kappa shape index (κ3) is 1.85. The number of nitrogens with two attached hydrogens (primary N) is 1. The van der Waals surface area contributed by atoms with Gasteiger partial charge in [0.1, 0.15) is 5.82 Å². The summed E-state index contributed by atoms with van der Waals surface area (Å²) in [5, 5.41) is 4.51. The highest BCUT2D eigenvalue weighted by atomic mass is 16.5. The Morgan fingerprint density at radius 2 is 2.31 bits per heavy atom. The summed E-state index contributed by atoms with van der Waals surface area (Å²) in [5.41, 5.74) is 6.01. The van der Waals surface area contributed by atoms with Crippen molar-refractivity contribution in [2.24, 2.45) is 5.73 Å². The minimum Gasteiger partial charge on any atom is -0.378 e. The van der Waals surface area contributed by atoms with Gasteiger partial charge in [-0.05, 0) is 25.7 Å². The van der Waals surface area contributed by atoms with Crippen LogP contribution in [0.2, 0.25) is 0 Å². The summed E-state index contributed by atoms with van der Waals surface area (Å²) in [6, 6.07) is 0.0690. The standard InChI is InChI=1S/C11H18N4O/c12-9-4-1-5-15-11(9)13-10(14-15)7-8-3-2-6-16-8/h8-9H,1-7,12H2. The molecule has 2 aliphatic heterocycles. The van der Waals surface area contributed by atoms with Crippen LogP contribution in [0.25, 0.3) is 0 Å². The zero-order valence-electron chi connectivity index (χ0n) is 9.43. The number of hydrogen-bond donors (Lipinski definition) is 1. The van der Waals surface area contributed by atoms with Crippen molar-refractivity contribution in [3.63, 3.8) is 0 Å². The summed E-state index contributed by atoms with van der Waals surface area (Å²) in [6.45, 7) is 1.85. The minimum absolute atomic E-state index is 0.0690. The maximum atomic E-state index is 6.01. The number of fused-ring (bicyclic) bond motifs is 1. The lowest BCUT2D eigenvalue weighted by molar-refractivity contribution is 0.110. The molecule has 3 rings (SSSR count). The first-order valence-electron chi connectivity index (χ1n) is 6.14. The van der Waals surface area contributed by atoms with Crippen molar-refractivity contribution < 1.29 is 4.74 Å². The van der Waals surface area contributed by atoms with Crippen LogP contribution in [0, 0.1) is 0 Å². The van der Waals surface area contributed by atoms with Gasteiger partial charge < -0.3 is 10.5 Å². The normalized spacial score (nSPS) is 29.3. The number of rotatable bonds is 2. The summed E-state index contributed by atoms with van der Waals surface area (Å²) in [5.74, 6) is 1.86. The average molecular weight is 222 g/mol. The first-order chi connectivity index (χ1) is 7.83. The van der Waals surface area contributed by atoms with Gasteiger partial charge in [-0.15, -0.1) is 0 Å².